The molecule has 1 heterocycles. The van der Waals surface area contributed by atoms with Crippen LogP contribution in [0.5, 0.6) is 0 Å². The quantitative estimate of drug-likeness (QED) is 0.903. The van der Waals surface area contributed by atoms with Gasteiger partial charge in [-0.2, -0.15) is 9.57 Å². The number of piperidine rings is 1. The molecule has 0 aliphatic carbocycles. The number of hydrogen-bond acceptors (Lipinski definition) is 4. The zero-order valence-electron chi connectivity index (χ0n) is 11.0. The van der Waals surface area contributed by atoms with Crippen LogP contribution in [0.3, 0.4) is 0 Å². The van der Waals surface area contributed by atoms with Crippen LogP contribution in [0.1, 0.15) is 18.4 Å². The molecule has 0 saturated carbocycles. The minimum Gasteiger partial charge on any atom is -0.481 e. The third-order valence-electron chi connectivity index (χ3n) is 3.44. The van der Waals surface area contributed by atoms with Crippen molar-refractivity contribution in [1.29, 1.82) is 5.26 Å². The second-order valence-electron chi connectivity index (χ2n) is 4.77. The number of nitriles is 1. The molecule has 0 bridgehead atoms. The number of aliphatic carboxylic acids is 1. The van der Waals surface area contributed by atoms with Gasteiger partial charge in [0.1, 0.15) is 22.3 Å². The van der Waals surface area contributed by atoms with E-state index in [9.17, 15) is 17.6 Å². The molecule has 0 aromatic heterocycles. The zero-order valence-corrected chi connectivity index (χ0v) is 11.8. The summed E-state index contributed by atoms with van der Waals surface area (Å²) in [5, 5.41) is 17.9. The summed E-state index contributed by atoms with van der Waals surface area (Å²) in [7, 11) is -4.09. The number of sulfonamides is 1. The first-order chi connectivity index (χ1) is 9.87. The lowest BCUT2D eigenvalue weighted by molar-refractivity contribution is -0.142. The predicted molar refractivity (Wildman–Crippen MR) is 70.2 cm³/mol. The molecular formula is C13H13FN2O4S. The van der Waals surface area contributed by atoms with Crippen molar-refractivity contribution in [1.82, 2.24) is 4.31 Å². The summed E-state index contributed by atoms with van der Waals surface area (Å²) in [5.41, 5.74) is -0.546. The van der Waals surface area contributed by atoms with Gasteiger partial charge in [-0.15, -0.1) is 0 Å². The van der Waals surface area contributed by atoms with E-state index in [2.05, 4.69) is 0 Å². The topological polar surface area (TPSA) is 98.5 Å². The molecule has 8 heteroatoms. The van der Waals surface area contributed by atoms with E-state index < -0.39 is 38.2 Å². The number of carboxylic acids is 1. The van der Waals surface area contributed by atoms with Crippen molar-refractivity contribution in [3.63, 3.8) is 0 Å². The van der Waals surface area contributed by atoms with Gasteiger partial charge in [-0.1, -0.05) is 6.07 Å². The van der Waals surface area contributed by atoms with E-state index >= 15 is 0 Å². The maximum atomic E-state index is 13.6. The van der Waals surface area contributed by atoms with E-state index in [4.69, 9.17) is 10.4 Å². The molecule has 1 N–H and O–H groups in total. The highest BCUT2D eigenvalue weighted by molar-refractivity contribution is 7.89. The number of hydrogen-bond donors (Lipinski definition) is 1. The van der Waals surface area contributed by atoms with Gasteiger partial charge in [0.05, 0.1) is 5.92 Å². The number of halogens is 1. The maximum absolute atomic E-state index is 13.6. The molecule has 1 aliphatic heterocycles. The van der Waals surface area contributed by atoms with Crippen molar-refractivity contribution in [3.8, 4) is 6.07 Å². The van der Waals surface area contributed by atoms with E-state index in [1.165, 1.54) is 6.07 Å². The minimum absolute atomic E-state index is 0.160. The van der Waals surface area contributed by atoms with E-state index in [-0.39, 0.29) is 13.1 Å². The average molecular weight is 312 g/mol. The van der Waals surface area contributed by atoms with Gasteiger partial charge in [-0.3, -0.25) is 4.79 Å². The third kappa shape index (κ3) is 2.89. The summed E-state index contributed by atoms with van der Waals surface area (Å²) in [5.74, 6) is -2.76. The second-order valence-corrected chi connectivity index (χ2v) is 6.67. The van der Waals surface area contributed by atoms with Gasteiger partial charge in [0.15, 0.2) is 0 Å². The Hall–Kier alpha value is -1.98. The largest absolute Gasteiger partial charge is 0.481 e. The molecule has 0 radical (unpaired) electrons. The number of benzene rings is 1. The van der Waals surface area contributed by atoms with E-state index in [0.29, 0.717) is 12.8 Å². The zero-order chi connectivity index (χ0) is 15.6. The molecule has 0 spiro atoms. The highest BCUT2D eigenvalue weighted by Crippen LogP contribution is 2.26. The summed E-state index contributed by atoms with van der Waals surface area (Å²) in [6.45, 7) is -0.00740. The van der Waals surface area contributed by atoms with Gasteiger partial charge >= 0.3 is 5.97 Å². The summed E-state index contributed by atoms with van der Waals surface area (Å²) in [6.07, 6.45) is 0.809. The van der Waals surface area contributed by atoms with Crippen LogP contribution in [-0.2, 0) is 14.8 Å². The molecule has 112 valence electrons. The van der Waals surface area contributed by atoms with Crippen LogP contribution in [0, 0.1) is 23.1 Å². The summed E-state index contributed by atoms with van der Waals surface area (Å²) in [6, 6.07) is 4.92. The van der Waals surface area contributed by atoms with Crippen LogP contribution in [0.2, 0.25) is 0 Å². The highest BCUT2D eigenvalue weighted by atomic mass is 32.2. The standard InChI is InChI=1S/C13H13FN2O4S/c14-11-4-1-5-12(10(11)7-15)21(19,20)16-6-2-3-9(8-16)13(17)18/h1,4-5,9H,2-3,6,8H2,(H,17,18)/t9-/m1/s1. The Kier molecular flexibility index (Phi) is 4.25. The number of nitrogens with zero attached hydrogens (tertiary/aromatic N) is 2. The van der Waals surface area contributed by atoms with Crippen LogP contribution in [0.4, 0.5) is 4.39 Å². The monoisotopic (exact) mass is 312 g/mol. The first-order valence-corrected chi connectivity index (χ1v) is 7.73. The lowest BCUT2D eigenvalue weighted by Crippen LogP contribution is -2.42. The number of carboxylic acid groups (broad SMARTS) is 1. The van der Waals surface area contributed by atoms with Crippen LogP contribution in [-0.4, -0.2) is 36.9 Å². The molecule has 21 heavy (non-hydrogen) atoms. The lowest BCUT2D eigenvalue weighted by atomic mass is 10.0. The fourth-order valence-electron chi connectivity index (χ4n) is 2.33. The van der Waals surface area contributed by atoms with Gasteiger partial charge in [0, 0.05) is 13.1 Å². The first kappa shape index (κ1) is 15.4. The Morgan fingerprint density at radius 1 is 1.48 bits per heavy atom. The Bertz CT molecular complexity index is 711. The Morgan fingerprint density at radius 2 is 2.19 bits per heavy atom. The van der Waals surface area contributed by atoms with Crippen LogP contribution < -0.4 is 0 Å². The molecule has 1 atom stereocenters. The molecule has 1 aromatic carbocycles. The van der Waals surface area contributed by atoms with E-state index in [1.54, 1.807) is 6.07 Å². The summed E-state index contributed by atoms with van der Waals surface area (Å²) < 4.78 is 39.6. The van der Waals surface area contributed by atoms with Crippen LogP contribution in [0.15, 0.2) is 23.1 Å². The highest BCUT2D eigenvalue weighted by Gasteiger charge is 2.34. The van der Waals surface area contributed by atoms with Crippen LogP contribution >= 0.6 is 0 Å². The summed E-state index contributed by atoms with van der Waals surface area (Å²) in [4.78, 5) is 10.6. The molecule has 1 aliphatic rings. The van der Waals surface area contributed by atoms with Gasteiger partial charge in [-0.05, 0) is 25.0 Å². The van der Waals surface area contributed by atoms with Crippen LogP contribution in [0.25, 0.3) is 0 Å². The third-order valence-corrected chi connectivity index (χ3v) is 5.35. The smallest absolute Gasteiger partial charge is 0.307 e. The molecule has 0 amide bonds. The predicted octanol–water partition coefficient (Wildman–Crippen LogP) is 1.18. The van der Waals surface area contributed by atoms with Gasteiger partial charge in [0.2, 0.25) is 10.0 Å². The van der Waals surface area contributed by atoms with E-state index in [0.717, 1.165) is 16.4 Å². The van der Waals surface area contributed by atoms with Crippen molar-refractivity contribution in [2.24, 2.45) is 5.92 Å². The average Bonchev–Trinajstić information content (AvgIpc) is 2.47. The van der Waals surface area contributed by atoms with E-state index in [1.807, 2.05) is 0 Å². The number of rotatable bonds is 3. The minimum atomic E-state index is -4.09. The van der Waals surface area contributed by atoms with Crippen molar-refractivity contribution in [2.75, 3.05) is 13.1 Å². The van der Waals surface area contributed by atoms with Crippen molar-refractivity contribution in [2.45, 2.75) is 17.7 Å². The molecule has 1 aromatic rings. The normalized spacial score (nSPS) is 19.9. The molecule has 0 unspecified atom stereocenters. The molecular weight excluding hydrogens is 299 g/mol. The Labute approximate surface area is 121 Å². The fourth-order valence-corrected chi connectivity index (χ4v) is 4.00. The van der Waals surface area contributed by atoms with Crippen molar-refractivity contribution >= 4 is 16.0 Å². The summed E-state index contributed by atoms with van der Waals surface area (Å²) >= 11 is 0. The van der Waals surface area contributed by atoms with Gasteiger partial charge in [0.25, 0.3) is 0 Å². The van der Waals surface area contributed by atoms with Crippen molar-refractivity contribution < 1.29 is 22.7 Å². The van der Waals surface area contributed by atoms with Gasteiger partial charge < -0.3 is 5.11 Å². The first-order valence-electron chi connectivity index (χ1n) is 6.29. The SMILES string of the molecule is N#Cc1c(F)cccc1S(=O)(=O)N1CCC[C@@H](C(=O)O)C1. The maximum Gasteiger partial charge on any atom is 0.307 e. The molecule has 2 rings (SSSR count). The number of carbonyl (C=O) groups is 1. The lowest BCUT2D eigenvalue weighted by Gasteiger charge is -2.30. The fraction of sp³-hybridized carbons (Fsp3) is 0.385. The Balaban J connectivity index is 2.41. The molecule has 1 saturated heterocycles. The van der Waals surface area contributed by atoms with Gasteiger partial charge in [-0.25, -0.2) is 12.8 Å². The van der Waals surface area contributed by atoms with Crippen molar-refractivity contribution in [3.05, 3.63) is 29.6 Å². The second kappa shape index (κ2) is 5.79. The molecule has 6 nitrogen and oxygen atoms in total. The molecule has 1 fully saturated rings. The Morgan fingerprint density at radius 3 is 2.81 bits per heavy atom.